The maximum atomic E-state index is 12.0. The summed E-state index contributed by atoms with van der Waals surface area (Å²) in [6.07, 6.45) is 3.75. The van der Waals surface area contributed by atoms with Crippen LogP contribution in [-0.4, -0.2) is 10.9 Å². The highest BCUT2D eigenvalue weighted by molar-refractivity contribution is 7.15. The zero-order chi connectivity index (χ0) is 13.9. The molecule has 1 heterocycles. The molecular weight excluding hydrogens is 268 g/mol. The fraction of sp³-hybridized carbons (Fsp3) is 0.375. The number of nitrogens with zero attached hydrogens (tertiary/aromatic N) is 1. The topological polar surface area (TPSA) is 42.0 Å². The predicted octanol–water partition coefficient (Wildman–Crippen LogP) is 3.45. The molecule has 0 bridgehead atoms. The van der Waals surface area contributed by atoms with Crippen LogP contribution in [0.5, 0.6) is 0 Å². The molecule has 1 atom stereocenters. The third kappa shape index (κ3) is 3.07. The van der Waals surface area contributed by atoms with Gasteiger partial charge in [0.1, 0.15) is 0 Å². The maximum Gasteiger partial charge on any atom is 0.230 e. The van der Waals surface area contributed by atoms with E-state index in [9.17, 15) is 4.79 Å². The van der Waals surface area contributed by atoms with Gasteiger partial charge in [-0.1, -0.05) is 37.3 Å². The average Bonchev–Trinajstić information content (AvgIpc) is 2.80. The van der Waals surface area contributed by atoms with Crippen LogP contribution in [0.3, 0.4) is 0 Å². The largest absolute Gasteiger partial charge is 0.302 e. The van der Waals surface area contributed by atoms with Crippen molar-refractivity contribution < 1.29 is 4.79 Å². The Morgan fingerprint density at radius 3 is 3.00 bits per heavy atom. The molecule has 1 aliphatic carbocycles. The number of rotatable bonds is 3. The number of carbonyl (C=O) groups excluding carboxylic acids is 1. The van der Waals surface area contributed by atoms with Crippen molar-refractivity contribution in [3.63, 3.8) is 0 Å². The molecule has 1 aromatic carbocycles. The summed E-state index contributed by atoms with van der Waals surface area (Å²) in [6, 6.07) is 9.79. The van der Waals surface area contributed by atoms with Crippen LogP contribution in [0, 0.1) is 5.92 Å². The zero-order valence-corrected chi connectivity index (χ0v) is 12.4. The normalized spacial score (nSPS) is 17.6. The Morgan fingerprint density at radius 1 is 1.40 bits per heavy atom. The van der Waals surface area contributed by atoms with Gasteiger partial charge < -0.3 is 5.32 Å². The van der Waals surface area contributed by atoms with E-state index in [1.165, 1.54) is 17.0 Å². The van der Waals surface area contributed by atoms with Gasteiger partial charge in [0.15, 0.2) is 5.13 Å². The van der Waals surface area contributed by atoms with E-state index in [0.717, 1.165) is 29.5 Å². The quantitative estimate of drug-likeness (QED) is 0.939. The highest BCUT2D eigenvalue weighted by Gasteiger charge is 2.20. The van der Waals surface area contributed by atoms with Crippen molar-refractivity contribution in [1.29, 1.82) is 0 Å². The first kappa shape index (κ1) is 13.3. The van der Waals surface area contributed by atoms with E-state index in [1.807, 2.05) is 30.3 Å². The minimum atomic E-state index is 0.00958. The molecule has 0 unspecified atom stereocenters. The second-order valence-corrected chi connectivity index (χ2v) is 6.53. The third-order valence-corrected chi connectivity index (χ3v) is 4.68. The molecule has 4 heteroatoms. The van der Waals surface area contributed by atoms with Gasteiger partial charge in [0.2, 0.25) is 5.91 Å². The Balaban J connectivity index is 1.65. The van der Waals surface area contributed by atoms with Crippen molar-refractivity contribution in [2.45, 2.75) is 32.6 Å². The van der Waals surface area contributed by atoms with E-state index in [-0.39, 0.29) is 5.91 Å². The summed E-state index contributed by atoms with van der Waals surface area (Å²) in [6.45, 7) is 2.27. The maximum absolute atomic E-state index is 12.0. The SMILES string of the molecule is C[C@H]1CCc2nc(NC(=O)Cc3ccccc3)sc2C1. The number of anilines is 1. The molecule has 1 aromatic heterocycles. The summed E-state index contributed by atoms with van der Waals surface area (Å²) >= 11 is 1.63. The highest BCUT2D eigenvalue weighted by atomic mass is 32.1. The van der Waals surface area contributed by atoms with Gasteiger partial charge in [0.25, 0.3) is 0 Å². The number of hydrogen-bond donors (Lipinski definition) is 1. The molecule has 0 aliphatic heterocycles. The van der Waals surface area contributed by atoms with Crippen LogP contribution in [0.2, 0.25) is 0 Å². The van der Waals surface area contributed by atoms with Crippen molar-refractivity contribution in [1.82, 2.24) is 4.98 Å². The number of carbonyl (C=O) groups is 1. The van der Waals surface area contributed by atoms with Crippen LogP contribution in [0.15, 0.2) is 30.3 Å². The Labute approximate surface area is 123 Å². The van der Waals surface area contributed by atoms with Crippen LogP contribution in [-0.2, 0) is 24.1 Å². The lowest BCUT2D eigenvalue weighted by Gasteiger charge is -2.15. The molecule has 20 heavy (non-hydrogen) atoms. The van der Waals surface area contributed by atoms with Crippen molar-refractivity contribution in [3.05, 3.63) is 46.5 Å². The van der Waals surface area contributed by atoms with Crippen molar-refractivity contribution in [2.24, 2.45) is 5.92 Å². The van der Waals surface area contributed by atoms with Crippen LogP contribution >= 0.6 is 11.3 Å². The average molecular weight is 286 g/mol. The molecule has 1 N–H and O–H groups in total. The highest BCUT2D eigenvalue weighted by Crippen LogP contribution is 2.32. The second kappa shape index (κ2) is 5.75. The lowest BCUT2D eigenvalue weighted by molar-refractivity contribution is -0.115. The molecule has 104 valence electrons. The summed E-state index contributed by atoms with van der Waals surface area (Å²) in [4.78, 5) is 17.9. The molecule has 3 nitrogen and oxygen atoms in total. The number of nitrogens with one attached hydrogen (secondary N) is 1. The number of aryl methyl sites for hydroxylation is 1. The summed E-state index contributed by atoms with van der Waals surface area (Å²) < 4.78 is 0. The first-order valence-corrected chi connectivity index (χ1v) is 7.84. The summed E-state index contributed by atoms with van der Waals surface area (Å²) in [7, 11) is 0. The summed E-state index contributed by atoms with van der Waals surface area (Å²) in [5.41, 5.74) is 2.21. The minimum Gasteiger partial charge on any atom is -0.302 e. The molecule has 0 saturated heterocycles. The summed E-state index contributed by atoms with van der Waals surface area (Å²) in [5, 5.41) is 3.69. The van der Waals surface area contributed by atoms with Crippen LogP contribution in [0.4, 0.5) is 5.13 Å². The number of fused-ring (bicyclic) bond motifs is 1. The molecule has 3 rings (SSSR count). The predicted molar refractivity (Wildman–Crippen MR) is 82.1 cm³/mol. The van der Waals surface area contributed by atoms with Gasteiger partial charge in [-0.25, -0.2) is 4.98 Å². The van der Waals surface area contributed by atoms with Crippen molar-refractivity contribution in [3.8, 4) is 0 Å². The van der Waals surface area contributed by atoms with E-state index < -0.39 is 0 Å². The second-order valence-electron chi connectivity index (χ2n) is 5.45. The fourth-order valence-corrected chi connectivity index (χ4v) is 3.73. The van der Waals surface area contributed by atoms with Crippen molar-refractivity contribution >= 4 is 22.4 Å². The van der Waals surface area contributed by atoms with E-state index in [0.29, 0.717) is 6.42 Å². The monoisotopic (exact) mass is 286 g/mol. The Hall–Kier alpha value is -1.68. The molecule has 0 spiro atoms. The number of aromatic nitrogens is 1. The third-order valence-electron chi connectivity index (χ3n) is 3.64. The van der Waals surface area contributed by atoms with Gasteiger partial charge in [0.05, 0.1) is 12.1 Å². The molecule has 1 aliphatic rings. The lowest BCUT2D eigenvalue weighted by Crippen LogP contribution is -2.14. The minimum absolute atomic E-state index is 0.00958. The molecule has 0 radical (unpaired) electrons. The molecule has 1 amide bonds. The Kier molecular flexibility index (Phi) is 3.83. The lowest BCUT2D eigenvalue weighted by atomic mass is 9.93. The van der Waals surface area contributed by atoms with Gasteiger partial charge >= 0.3 is 0 Å². The van der Waals surface area contributed by atoms with Gasteiger partial charge in [0, 0.05) is 4.88 Å². The fourth-order valence-electron chi connectivity index (χ4n) is 2.54. The number of hydrogen-bond acceptors (Lipinski definition) is 3. The number of thiazole rings is 1. The summed E-state index contributed by atoms with van der Waals surface area (Å²) in [5.74, 6) is 0.742. The smallest absolute Gasteiger partial charge is 0.230 e. The molecule has 2 aromatic rings. The number of benzene rings is 1. The van der Waals surface area contributed by atoms with Gasteiger partial charge in [-0.05, 0) is 30.7 Å². The molecule has 0 fully saturated rings. The standard InChI is InChI=1S/C16H18N2OS/c1-11-7-8-13-14(9-11)20-16(17-13)18-15(19)10-12-5-3-2-4-6-12/h2-6,11H,7-10H2,1H3,(H,17,18,19)/t11-/m0/s1. The van der Waals surface area contributed by atoms with Crippen molar-refractivity contribution in [2.75, 3.05) is 5.32 Å². The van der Waals surface area contributed by atoms with Gasteiger partial charge in [-0.3, -0.25) is 4.79 Å². The van der Waals surface area contributed by atoms with Crippen LogP contribution in [0.25, 0.3) is 0 Å². The van der Waals surface area contributed by atoms with E-state index >= 15 is 0 Å². The van der Waals surface area contributed by atoms with E-state index in [1.54, 1.807) is 11.3 Å². The zero-order valence-electron chi connectivity index (χ0n) is 11.6. The van der Waals surface area contributed by atoms with E-state index in [2.05, 4.69) is 17.2 Å². The first-order chi connectivity index (χ1) is 9.70. The van der Waals surface area contributed by atoms with Crippen LogP contribution in [0.1, 0.15) is 29.5 Å². The van der Waals surface area contributed by atoms with Gasteiger partial charge in [-0.15, -0.1) is 11.3 Å². The first-order valence-electron chi connectivity index (χ1n) is 7.03. The number of amides is 1. The van der Waals surface area contributed by atoms with Crippen LogP contribution < -0.4 is 5.32 Å². The Bertz CT molecular complexity index is 606. The Morgan fingerprint density at radius 2 is 2.20 bits per heavy atom. The van der Waals surface area contributed by atoms with E-state index in [4.69, 9.17) is 0 Å². The molecule has 0 saturated carbocycles. The molecular formula is C16H18N2OS. The van der Waals surface area contributed by atoms with Gasteiger partial charge in [-0.2, -0.15) is 0 Å².